The number of amides is 1. The van der Waals surface area contributed by atoms with Gasteiger partial charge in [0.2, 0.25) is 5.88 Å². The molecule has 5 nitrogen and oxygen atoms in total. The fourth-order valence-electron chi connectivity index (χ4n) is 1.16. The van der Waals surface area contributed by atoms with Gasteiger partial charge in [0.25, 0.3) is 0 Å². The van der Waals surface area contributed by atoms with Crippen molar-refractivity contribution in [2.45, 2.75) is 33.3 Å². The van der Waals surface area contributed by atoms with Gasteiger partial charge in [-0.1, -0.05) is 11.6 Å². The average Bonchev–Trinajstić information content (AvgIpc) is 2.19. The molecule has 1 aromatic rings. The van der Waals surface area contributed by atoms with Gasteiger partial charge in [0, 0.05) is 0 Å². The van der Waals surface area contributed by atoms with E-state index < -0.39 is 11.7 Å². The van der Waals surface area contributed by atoms with Crippen LogP contribution in [0.1, 0.15) is 27.7 Å². The second kappa shape index (κ2) is 5.91. The minimum absolute atomic E-state index is 0.338. The highest BCUT2D eigenvalue weighted by atomic mass is 35.5. The summed E-state index contributed by atoms with van der Waals surface area (Å²) in [6.07, 6.45) is 0.908. The Morgan fingerprint density at radius 1 is 1.50 bits per heavy atom. The molecule has 0 atom stereocenters. The highest BCUT2D eigenvalue weighted by Gasteiger charge is 2.16. The molecule has 100 valence electrons. The van der Waals surface area contributed by atoms with Crippen LogP contribution < -0.4 is 10.1 Å². The molecule has 1 rings (SSSR count). The molecule has 1 aromatic heterocycles. The Labute approximate surface area is 111 Å². The highest BCUT2D eigenvalue weighted by molar-refractivity contribution is 6.32. The summed E-state index contributed by atoms with van der Waals surface area (Å²) in [7, 11) is 0. The van der Waals surface area contributed by atoms with Crippen molar-refractivity contribution in [3.05, 3.63) is 17.3 Å². The van der Waals surface area contributed by atoms with E-state index in [9.17, 15) is 4.79 Å². The van der Waals surface area contributed by atoms with Gasteiger partial charge in [0.15, 0.2) is 0 Å². The second-order valence-electron chi connectivity index (χ2n) is 4.57. The molecule has 0 fully saturated rings. The molecular weight excluding hydrogens is 256 g/mol. The Morgan fingerprint density at radius 3 is 2.67 bits per heavy atom. The zero-order chi connectivity index (χ0) is 13.8. The fraction of sp³-hybridized carbons (Fsp3) is 0.500. The number of rotatable bonds is 3. The zero-order valence-corrected chi connectivity index (χ0v) is 11.7. The Balaban J connectivity index is 2.69. The predicted molar refractivity (Wildman–Crippen MR) is 70.3 cm³/mol. The molecule has 0 unspecified atom stereocenters. The minimum atomic E-state index is -0.551. The summed E-state index contributed by atoms with van der Waals surface area (Å²) >= 11 is 5.95. The fourth-order valence-corrected chi connectivity index (χ4v) is 1.38. The van der Waals surface area contributed by atoms with Gasteiger partial charge in [0.05, 0.1) is 18.5 Å². The van der Waals surface area contributed by atoms with Crippen LogP contribution in [-0.4, -0.2) is 23.3 Å². The number of halogens is 1. The largest absolute Gasteiger partial charge is 0.477 e. The quantitative estimate of drug-likeness (QED) is 0.915. The first-order valence-corrected chi connectivity index (χ1v) is 5.98. The molecule has 0 aliphatic heterocycles. The summed E-state index contributed by atoms with van der Waals surface area (Å²) in [5.41, 5.74) is -0.0928. The normalized spacial score (nSPS) is 10.9. The van der Waals surface area contributed by atoms with Crippen LogP contribution in [0.5, 0.6) is 5.88 Å². The lowest BCUT2D eigenvalue weighted by Gasteiger charge is -2.19. The maximum absolute atomic E-state index is 11.5. The lowest BCUT2D eigenvalue weighted by Crippen LogP contribution is -2.27. The molecule has 1 amide bonds. The smallest absolute Gasteiger partial charge is 0.412 e. The van der Waals surface area contributed by atoms with Crippen molar-refractivity contribution in [2.75, 3.05) is 11.9 Å². The minimum Gasteiger partial charge on any atom is -0.477 e. The average molecular weight is 273 g/mol. The number of carbonyl (C=O) groups excluding carboxylic acids is 1. The van der Waals surface area contributed by atoms with Gasteiger partial charge in [-0.15, -0.1) is 0 Å². The Hall–Kier alpha value is -1.49. The van der Waals surface area contributed by atoms with Crippen LogP contribution >= 0.6 is 11.6 Å². The molecule has 0 aliphatic carbocycles. The van der Waals surface area contributed by atoms with Gasteiger partial charge in [0.1, 0.15) is 10.6 Å². The number of hydrogen-bond donors (Lipinski definition) is 1. The number of nitrogens with one attached hydrogen (secondary N) is 1. The molecule has 6 heteroatoms. The van der Waals surface area contributed by atoms with Gasteiger partial charge in [-0.2, -0.15) is 0 Å². The van der Waals surface area contributed by atoms with Crippen LogP contribution in [0.3, 0.4) is 0 Å². The molecule has 1 N–H and O–H groups in total. The third kappa shape index (κ3) is 4.79. The topological polar surface area (TPSA) is 60.5 Å². The molecule has 0 radical (unpaired) electrons. The summed E-state index contributed by atoms with van der Waals surface area (Å²) in [4.78, 5) is 15.5. The van der Waals surface area contributed by atoms with Gasteiger partial charge in [-0.05, 0) is 33.8 Å². The first kappa shape index (κ1) is 14.6. The monoisotopic (exact) mass is 272 g/mol. The van der Waals surface area contributed by atoms with Gasteiger partial charge in [-0.25, -0.2) is 9.78 Å². The van der Waals surface area contributed by atoms with E-state index in [-0.39, 0.29) is 0 Å². The molecule has 0 saturated heterocycles. The molecular formula is C12H17ClN2O3. The Morgan fingerprint density at radius 2 is 2.17 bits per heavy atom. The molecule has 0 aromatic carbocycles. The van der Waals surface area contributed by atoms with E-state index >= 15 is 0 Å². The first-order valence-electron chi connectivity index (χ1n) is 5.60. The van der Waals surface area contributed by atoms with E-state index in [1.165, 1.54) is 6.20 Å². The maximum atomic E-state index is 11.5. The van der Waals surface area contributed by atoms with E-state index in [1.54, 1.807) is 26.8 Å². The van der Waals surface area contributed by atoms with Gasteiger partial charge in [-0.3, -0.25) is 5.32 Å². The van der Waals surface area contributed by atoms with Gasteiger partial charge < -0.3 is 9.47 Å². The third-order valence-electron chi connectivity index (χ3n) is 1.73. The van der Waals surface area contributed by atoms with Crippen molar-refractivity contribution in [1.82, 2.24) is 4.98 Å². The van der Waals surface area contributed by atoms with Crippen molar-refractivity contribution in [2.24, 2.45) is 0 Å². The second-order valence-corrected chi connectivity index (χ2v) is 4.98. The van der Waals surface area contributed by atoms with Crippen molar-refractivity contribution in [1.29, 1.82) is 0 Å². The summed E-state index contributed by atoms with van der Waals surface area (Å²) in [6, 6.07) is 1.56. The molecule has 0 bridgehead atoms. The van der Waals surface area contributed by atoms with Crippen molar-refractivity contribution < 1.29 is 14.3 Å². The number of pyridine rings is 1. The molecule has 1 heterocycles. The molecule has 0 saturated carbocycles. The van der Waals surface area contributed by atoms with Crippen LogP contribution in [-0.2, 0) is 4.74 Å². The van der Waals surface area contributed by atoms with E-state index in [1.807, 2.05) is 6.92 Å². The van der Waals surface area contributed by atoms with Crippen molar-refractivity contribution >= 4 is 23.4 Å². The summed E-state index contributed by atoms with van der Waals surface area (Å²) in [5, 5.41) is 2.88. The van der Waals surface area contributed by atoms with E-state index in [4.69, 9.17) is 21.1 Å². The van der Waals surface area contributed by atoms with Crippen LogP contribution in [0, 0.1) is 0 Å². The number of nitrogens with zero attached hydrogens (tertiary/aromatic N) is 1. The number of hydrogen-bond acceptors (Lipinski definition) is 4. The lowest BCUT2D eigenvalue weighted by molar-refractivity contribution is 0.0636. The standard InChI is InChI=1S/C12H17ClN2O3/c1-5-17-10-9(13)6-8(7-14-10)15-11(16)18-12(2,3)4/h6-7H,5H2,1-4H3,(H,15,16). The highest BCUT2D eigenvalue weighted by Crippen LogP contribution is 2.24. The molecule has 18 heavy (non-hydrogen) atoms. The van der Waals surface area contributed by atoms with Crippen molar-refractivity contribution in [3.63, 3.8) is 0 Å². The summed E-state index contributed by atoms with van der Waals surface area (Å²) < 4.78 is 10.3. The van der Waals surface area contributed by atoms with Crippen LogP contribution in [0.15, 0.2) is 12.3 Å². The maximum Gasteiger partial charge on any atom is 0.412 e. The predicted octanol–water partition coefficient (Wildman–Crippen LogP) is 3.48. The van der Waals surface area contributed by atoms with E-state index in [2.05, 4.69) is 10.3 Å². The zero-order valence-electron chi connectivity index (χ0n) is 10.9. The van der Waals surface area contributed by atoms with Crippen LogP contribution in [0.25, 0.3) is 0 Å². The van der Waals surface area contributed by atoms with Crippen LogP contribution in [0.2, 0.25) is 5.02 Å². The first-order chi connectivity index (χ1) is 8.31. The van der Waals surface area contributed by atoms with E-state index in [0.717, 1.165) is 0 Å². The third-order valence-corrected chi connectivity index (χ3v) is 2.00. The molecule has 0 spiro atoms. The van der Waals surface area contributed by atoms with Crippen LogP contribution in [0.4, 0.5) is 10.5 Å². The SMILES string of the molecule is CCOc1ncc(NC(=O)OC(C)(C)C)cc1Cl. The number of anilines is 1. The number of carbonyl (C=O) groups is 1. The summed E-state index contributed by atoms with van der Waals surface area (Å²) in [6.45, 7) is 7.68. The number of aromatic nitrogens is 1. The number of ether oxygens (including phenoxy) is 2. The molecule has 0 aliphatic rings. The van der Waals surface area contributed by atoms with E-state index in [0.29, 0.717) is 23.2 Å². The lowest BCUT2D eigenvalue weighted by atomic mass is 10.2. The summed E-state index contributed by atoms with van der Waals surface area (Å²) in [5.74, 6) is 0.342. The van der Waals surface area contributed by atoms with Gasteiger partial charge >= 0.3 is 6.09 Å². The Bertz CT molecular complexity index is 430. The van der Waals surface area contributed by atoms with Crippen molar-refractivity contribution in [3.8, 4) is 5.88 Å². The Kier molecular flexibility index (Phi) is 4.78.